The smallest absolute Gasteiger partial charge is 0.0108 e. The van der Waals surface area contributed by atoms with Crippen LogP contribution in [0.3, 0.4) is 0 Å². The van der Waals surface area contributed by atoms with Crippen molar-refractivity contribution < 1.29 is 0 Å². The quantitative estimate of drug-likeness (QED) is 0.593. The van der Waals surface area contributed by atoms with Crippen LogP contribution in [0.15, 0.2) is 0 Å². The Morgan fingerprint density at radius 1 is 1.27 bits per heavy atom. The van der Waals surface area contributed by atoms with E-state index in [1.54, 1.807) is 0 Å². The highest BCUT2D eigenvalue weighted by Gasteiger charge is 2.40. The molecule has 2 aliphatic rings. The number of rotatable bonds is 1. The molecule has 0 aromatic heterocycles. The lowest BCUT2D eigenvalue weighted by Crippen LogP contribution is -2.32. The van der Waals surface area contributed by atoms with Crippen LogP contribution in [-0.2, 0) is 0 Å². The molecule has 2 nitrogen and oxygen atoms in total. The monoisotopic (exact) mass is 154 g/mol. The van der Waals surface area contributed by atoms with Crippen molar-refractivity contribution in [3.63, 3.8) is 0 Å². The average Bonchev–Trinajstić information content (AvgIpc) is 2.45. The van der Waals surface area contributed by atoms with Gasteiger partial charge in [-0.25, -0.2) is 0 Å². The van der Waals surface area contributed by atoms with Gasteiger partial charge in [0.05, 0.1) is 0 Å². The van der Waals surface area contributed by atoms with E-state index in [9.17, 15) is 0 Å². The maximum Gasteiger partial charge on any atom is 0.0108 e. The Kier molecular flexibility index (Phi) is 1.90. The van der Waals surface area contributed by atoms with Crippen molar-refractivity contribution >= 4 is 0 Å². The van der Waals surface area contributed by atoms with Gasteiger partial charge in [0, 0.05) is 19.1 Å². The normalized spacial score (nSPS) is 44.7. The maximum atomic E-state index is 3.43. The van der Waals surface area contributed by atoms with E-state index in [-0.39, 0.29) is 0 Å². The molecule has 0 radical (unpaired) electrons. The van der Waals surface area contributed by atoms with Gasteiger partial charge in [-0.2, -0.15) is 0 Å². The fourth-order valence-corrected chi connectivity index (χ4v) is 2.85. The van der Waals surface area contributed by atoms with Gasteiger partial charge in [-0.1, -0.05) is 0 Å². The second kappa shape index (κ2) is 2.76. The molecule has 64 valence electrons. The summed E-state index contributed by atoms with van der Waals surface area (Å²) in [6, 6.07) is 0.810. The van der Waals surface area contributed by atoms with Crippen molar-refractivity contribution in [1.82, 2.24) is 10.2 Å². The Morgan fingerprint density at radius 2 is 2.09 bits per heavy atom. The average molecular weight is 154 g/mol. The first-order chi connectivity index (χ1) is 5.31. The van der Waals surface area contributed by atoms with Gasteiger partial charge in [0.15, 0.2) is 0 Å². The lowest BCUT2D eigenvalue weighted by Gasteiger charge is -2.17. The Bertz CT molecular complexity index is 144. The van der Waals surface area contributed by atoms with Gasteiger partial charge in [-0.3, -0.25) is 0 Å². The second-order valence-electron chi connectivity index (χ2n) is 4.12. The molecular weight excluding hydrogens is 136 g/mol. The van der Waals surface area contributed by atoms with Crippen LogP contribution in [0.25, 0.3) is 0 Å². The van der Waals surface area contributed by atoms with E-state index in [0.29, 0.717) is 0 Å². The molecule has 0 aromatic rings. The van der Waals surface area contributed by atoms with Crippen LogP contribution < -0.4 is 5.32 Å². The van der Waals surface area contributed by atoms with E-state index < -0.39 is 0 Å². The number of nitrogens with one attached hydrogen (secondary N) is 1. The van der Waals surface area contributed by atoms with Gasteiger partial charge in [0.25, 0.3) is 0 Å². The highest BCUT2D eigenvalue weighted by molar-refractivity contribution is 4.95. The largest absolute Gasteiger partial charge is 0.317 e. The van der Waals surface area contributed by atoms with Crippen molar-refractivity contribution in [2.45, 2.75) is 18.9 Å². The van der Waals surface area contributed by atoms with Crippen molar-refractivity contribution in [2.75, 3.05) is 27.2 Å². The summed E-state index contributed by atoms with van der Waals surface area (Å²) in [4.78, 5) is 2.47. The summed E-state index contributed by atoms with van der Waals surface area (Å²) in [5.41, 5.74) is 0. The third-order valence-electron chi connectivity index (χ3n) is 3.41. The molecule has 1 heterocycles. The predicted molar refractivity (Wildman–Crippen MR) is 46.6 cm³/mol. The Balaban J connectivity index is 2.01. The maximum absolute atomic E-state index is 3.43. The SMILES string of the molecule is CNC1CCC2CN(C)CC21. The van der Waals surface area contributed by atoms with Gasteiger partial charge >= 0.3 is 0 Å². The molecule has 3 atom stereocenters. The van der Waals surface area contributed by atoms with Crippen molar-refractivity contribution in [2.24, 2.45) is 11.8 Å². The molecule has 1 saturated carbocycles. The first-order valence-corrected chi connectivity index (χ1v) is 4.67. The van der Waals surface area contributed by atoms with Crippen LogP contribution in [0, 0.1) is 11.8 Å². The van der Waals surface area contributed by atoms with E-state index in [0.717, 1.165) is 17.9 Å². The van der Waals surface area contributed by atoms with Crippen LogP contribution in [0.1, 0.15) is 12.8 Å². The molecule has 2 heteroatoms. The third-order valence-corrected chi connectivity index (χ3v) is 3.41. The highest BCUT2D eigenvalue weighted by Crippen LogP contribution is 2.37. The summed E-state index contributed by atoms with van der Waals surface area (Å²) in [5, 5.41) is 3.43. The van der Waals surface area contributed by atoms with Gasteiger partial charge in [0.2, 0.25) is 0 Å². The number of fused-ring (bicyclic) bond motifs is 1. The Morgan fingerprint density at radius 3 is 2.82 bits per heavy atom. The molecule has 1 aliphatic heterocycles. The summed E-state index contributed by atoms with van der Waals surface area (Å²) in [6.07, 6.45) is 2.85. The molecular formula is C9H18N2. The van der Waals surface area contributed by atoms with Crippen LogP contribution in [-0.4, -0.2) is 38.1 Å². The third kappa shape index (κ3) is 1.18. The van der Waals surface area contributed by atoms with Gasteiger partial charge < -0.3 is 10.2 Å². The standard InChI is InChI=1S/C9H18N2/c1-10-9-4-3-7-5-11(2)6-8(7)9/h7-10H,3-6H2,1-2H3. The number of nitrogens with zero attached hydrogens (tertiary/aromatic N) is 1. The topological polar surface area (TPSA) is 15.3 Å². The van der Waals surface area contributed by atoms with Crippen LogP contribution in [0.4, 0.5) is 0 Å². The molecule has 0 bridgehead atoms. The summed E-state index contributed by atoms with van der Waals surface area (Å²) >= 11 is 0. The number of hydrogen-bond acceptors (Lipinski definition) is 2. The van der Waals surface area contributed by atoms with E-state index in [1.165, 1.54) is 25.9 Å². The fourth-order valence-electron chi connectivity index (χ4n) is 2.85. The van der Waals surface area contributed by atoms with Gasteiger partial charge in [-0.15, -0.1) is 0 Å². The first kappa shape index (κ1) is 7.56. The van der Waals surface area contributed by atoms with Crippen molar-refractivity contribution in [1.29, 1.82) is 0 Å². The fraction of sp³-hybridized carbons (Fsp3) is 1.00. The number of likely N-dealkylation sites (tertiary alicyclic amines) is 1. The second-order valence-corrected chi connectivity index (χ2v) is 4.12. The molecule has 1 aliphatic carbocycles. The molecule has 0 spiro atoms. The Labute approximate surface area is 69.0 Å². The predicted octanol–water partition coefficient (Wildman–Crippen LogP) is 0.546. The van der Waals surface area contributed by atoms with Crippen molar-refractivity contribution in [3.8, 4) is 0 Å². The van der Waals surface area contributed by atoms with Gasteiger partial charge in [-0.05, 0) is 38.8 Å². The molecule has 3 unspecified atom stereocenters. The van der Waals surface area contributed by atoms with Crippen LogP contribution in [0.5, 0.6) is 0 Å². The summed E-state index contributed by atoms with van der Waals surface area (Å²) in [6.45, 7) is 2.65. The minimum atomic E-state index is 0.810. The lowest BCUT2D eigenvalue weighted by atomic mass is 9.98. The van der Waals surface area contributed by atoms with Gasteiger partial charge in [0.1, 0.15) is 0 Å². The minimum Gasteiger partial charge on any atom is -0.317 e. The summed E-state index contributed by atoms with van der Waals surface area (Å²) in [7, 11) is 4.34. The molecule has 2 rings (SSSR count). The summed E-state index contributed by atoms with van der Waals surface area (Å²) in [5.74, 6) is 1.95. The zero-order valence-corrected chi connectivity index (χ0v) is 7.51. The van der Waals surface area contributed by atoms with E-state index >= 15 is 0 Å². The van der Waals surface area contributed by atoms with E-state index in [4.69, 9.17) is 0 Å². The van der Waals surface area contributed by atoms with Crippen LogP contribution >= 0.6 is 0 Å². The minimum absolute atomic E-state index is 0.810. The summed E-state index contributed by atoms with van der Waals surface area (Å²) < 4.78 is 0. The molecule has 0 aromatic carbocycles. The molecule has 1 N–H and O–H groups in total. The Hall–Kier alpha value is -0.0800. The molecule has 2 fully saturated rings. The van der Waals surface area contributed by atoms with Crippen LogP contribution in [0.2, 0.25) is 0 Å². The van der Waals surface area contributed by atoms with E-state index in [1.807, 2.05) is 0 Å². The molecule has 11 heavy (non-hydrogen) atoms. The first-order valence-electron chi connectivity index (χ1n) is 4.67. The highest BCUT2D eigenvalue weighted by atomic mass is 15.1. The zero-order chi connectivity index (χ0) is 7.84. The van der Waals surface area contributed by atoms with Crippen molar-refractivity contribution in [3.05, 3.63) is 0 Å². The lowest BCUT2D eigenvalue weighted by molar-refractivity contribution is 0.353. The number of hydrogen-bond donors (Lipinski definition) is 1. The van der Waals surface area contributed by atoms with E-state index in [2.05, 4.69) is 24.3 Å². The zero-order valence-electron chi connectivity index (χ0n) is 7.51. The molecule has 1 saturated heterocycles. The molecule has 0 amide bonds.